The Morgan fingerprint density at radius 3 is 2.76 bits per heavy atom. The molecule has 1 heterocycles. The van der Waals surface area contributed by atoms with Crippen molar-refractivity contribution in [2.45, 2.75) is 6.92 Å². The summed E-state index contributed by atoms with van der Waals surface area (Å²) in [5.74, 6) is -0.670. The molecule has 0 aliphatic heterocycles. The summed E-state index contributed by atoms with van der Waals surface area (Å²) in [7, 11) is 1.27. The maximum atomic E-state index is 11.3. The second kappa shape index (κ2) is 4.29. The molecule has 0 spiro atoms. The lowest BCUT2D eigenvalue weighted by Crippen LogP contribution is -2.02. The van der Waals surface area contributed by atoms with Crippen LogP contribution in [0.1, 0.15) is 16.1 Å². The van der Waals surface area contributed by atoms with Crippen LogP contribution >= 0.6 is 0 Å². The highest BCUT2D eigenvalue weighted by Crippen LogP contribution is 2.22. The van der Waals surface area contributed by atoms with Gasteiger partial charge in [0.05, 0.1) is 24.8 Å². The van der Waals surface area contributed by atoms with Gasteiger partial charge in [0.2, 0.25) is 0 Å². The minimum Gasteiger partial charge on any atom is -0.507 e. The monoisotopic (exact) mass is 232 g/mol. The van der Waals surface area contributed by atoms with Crippen LogP contribution in [0.25, 0.3) is 5.69 Å². The number of phenolic OH excluding ortho intramolecular Hbond substituents is 1. The van der Waals surface area contributed by atoms with Crippen molar-refractivity contribution in [3.63, 3.8) is 0 Å². The maximum absolute atomic E-state index is 11.3. The second-order valence-corrected chi connectivity index (χ2v) is 3.62. The summed E-state index contributed by atoms with van der Waals surface area (Å²) in [6.45, 7) is 1.87. The van der Waals surface area contributed by atoms with E-state index in [1.807, 2.05) is 13.1 Å². The van der Waals surface area contributed by atoms with Gasteiger partial charge in [0.1, 0.15) is 11.3 Å². The number of carbonyl (C=O) groups is 1. The molecule has 0 saturated heterocycles. The molecule has 0 saturated carbocycles. The Balaban J connectivity index is 2.40. The summed E-state index contributed by atoms with van der Waals surface area (Å²) in [4.78, 5) is 15.4. The zero-order valence-electron chi connectivity index (χ0n) is 9.54. The van der Waals surface area contributed by atoms with Gasteiger partial charge in [-0.3, -0.25) is 0 Å². The number of benzene rings is 1. The molecular weight excluding hydrogens is 220 g/mol. The molecule has 0 unspecified atom stereocenters. The summed E-state index contributed by atoms with van der Waals surface area (Å²) in [5, 5.41) is 9.73. The number of esters is 1. The SMILES string of the molecule is COC(=O)c1ccc(-n2cnc(C)c2)cc1O. The van der Waals surface area contributed by atoms with E-state index in [2.05, 4.69) is 9.72 Å². The van der Waals surface area contributed by atoms with E-state index in [0.717, 1.165) is 11.4 Å². The topological polar surface area (TPSA) is 64.4 Å². The van der Waals surface area contributed by atoms with Crippen molar-refractivity contribution in [2.75, 3.05) is 7.11 Å². The first-order valence-electron chi connectivity index (χ1n) is 5.04. The molecule has 0 bridgehead atoms. The highest BCUT2D eigenvalue weighted by atomic mass is 16.5. The molecule has 2 rings (SSSR count). The highest BCUT2D eigenvalue weighted by Gasteiger charge is 2.12. The number of hydrogen-bond donors (Lipinski definition) is 1. The normalized spacial score (nSPS) is 10.2. The number of hydrogen-bond acceptors (Lipinski definition) is 4. The molecule has 0 aliphatic carbocycles. The zero-order chi connectivity index (χ0) is 12.4. The fraction of sp³-hybridized carbons (Fsp3) is 0.167. The van der Waals surface area contributed by atoms with Gasteiger partial charge in [-0.2, -0.15) is 0 Å². The fourth-order valence-corrected chi connectivity index (χ4v) is 1.53. The van der Waals surface area contributed by atoms with Crippen molar-refractivity contribution >= 4 is 5.97 Å². The number of imidazole rings is 1. The van der Waals surface area contributed by atoms with Crippen LogP contribution in [-0.4, -0.2) is 27.7 Å². The summed E-state index contributed by atoms with van der Waals surface area (Å²) >= 11 is 0. The second-order valence-electron chi connectivity index (χ2n) is 3.62. The number of aryl methyl sites for hydroxylation is 1. The van der Waals surface area contributed by atoms with E-state index in [-0.39, 0.29) is 11.3 Å². The Bertz CT molecular complexity index is 561. The fourth-order valence-electron chi connectivity index (χ4n) is 1.53. The van der Waals surface area contributed by atoms with Crippen LogP contribution in [0, 0.1) is 6.92 Å². The lowest BCUT2D eigenvalue weighted by Gasteiger charge is -2.06. The minimum absolute atomic E-state index is 0.110. The van der Waals surface area contributed by atoms with E-state index in [0.29, 0.717) is 0 Å². The molecule has 5 nitrogen and oxygen atoms in total. The van der Waals surface area contributed by atoms with Gasteiger partial charge in [-0.25, -0.2) is 9.78 Å². The third kappa shape index (κ3) is 2.13. The number of aromatic nitrogens is 2. The van der Waals surface area contributed by atoms with Gasteiger partial charge in [0.15, 0.2) is 0 Å². The number of aromatic hydroxyl groups is 1. The van der Waals surface area contributed by atoms with Crippen LogP contribution < -0.4 is 0 Å². The molecule has 5 heteroatoms. The first-order valence-corrected chi connectivity index (χ1v) is 5.04. The third-order valence-corrected chi connectivity index (χ3v) is 2.40. The largest absolute Gasteiger partial charge is 0.507 e. The van der Waals surface area contributed by atoms with Crippen molar-refractivity contribution in [1.29, 1.82) is 0 Å². The van der Waals surface area contributed by atoms with E-state index < -0.39 is 5.97 Å². The van der Waals surface area contributed by atoms with Crippen LogP contribution in [0.4, 0.5) is 0 Å². The quantitative estimate of drug-likeness (QED) is 0.800. The summed E-state index contributed by atoms with van der Waals surface area (Å²) in [6, 6.07) is 4.73. The number of ether oxygens (including phenoxy) is 1. The first kappa shape index (κ1) is 11.2. The van der Waals surface area contributed by atoms with Gasteiger partial charge in [-0.15, -0.1) is 0 Å². The molecule has 17 heavy (non-hydrogen) atoms. The van der Waals surface area contributed by atoms with E-state index >= 15 is 0 Å². The molecule has 0 aliphatic rings. The Hall–Kier alpha value is -2.30. The predicted octanol–water partition coefficient (Wildman–Crippen LogP) is 1.67. The van der Waals surface area contributed by atoms with Crippen molar-refractivity contribution in [1.82, 2.24) is 9.55 Å². The van der Waals surface area contributed by atoms with Crippen molar-refractivity contribution < 1.29 is 14.6 Å². The summed E-state index contributed by atoms with van der Waals surface area (Å²) in [5.41, 5.74) is 1.75. The lowest BCUT2D eigenvalue weighted by atomic mass is 10.2. The Kier molecular flexibility index (Phi) is 2.82. The van der Waals surface area contributed by atoms with Gasteiger partial charge in [-0.05, 0) is 19.1 Å². The molecule has 1 aromatic heterocycles. The third-order valence-electron chi connectivity index (χ3n) is 2.40. The van der Waals surface area contributed by atoms with Gasteiger partial charge >= 0.3 is 5.97 Å². The standard InChI is InChI=1S/C12H12N2O3/c1-8-6-14(7-13-8)9-3-4-10(11(15)5-9)12(16)17-2/h3-7,15H,1-2H3. The average Bonchev–Trinajstić information content (AvgIpc) is 2.75. The molecule has 2 aromatic rings. The number of carbonyl (C=O) groups excluding carboxylic acids is 1. The molecule has 0 radical (unpaired) electrons. The Morgan fingerprint density at radius 2 is 2.24 bits per heavy atom. The zero-order valence-corrected chi connectivity index (χ0v) is 9.54. The van der Waals surface area contributed by atoms with E-state index in [1.165, 1.54) is 19.2 Å². The van der Waals surface area contributed by atoms with Crippen LogP contribution in [0.2, 0.25) is 0 Å². The van der Waals surface area contributed by atoms with E-state index in [4.69, 9.17) is 0 Å². The molecule has 1 aromatic carbocycles. The van der Waals surface area contributed by atoms with Crippen LogP contribution in [0.5, 0.6) is 5.75 Å². The molecule has 0 atom stereocenters. The Morgan fingerprint density at radius 1 is 1.47 bits per heavy atom. The van der Waals surface area contributed by atoms with Crippen molar-refractivity contribution in [3.05, 3.63) is 42.0 Å². The number of nitrogens with zero attached hydrogens (tertiary/aromatic N) is 2. The first-order chi connectivity index (χ1) is 8.11. The maximum Gasteiger partial charge on any atom is 0.341 e. The molecular formula is C12H12N2O3. The smallest absolute Gasteiger partial charge is 0.341 e. The van der Waals surface area contributed by atoms with E-state index in [1.54, 1.807) is 17.0 Å². The van der Waals surface area contributed by atoms with E-state index in [9.17, 15) is 9.90 Å². The van der Waals surface area contributed by atoms with Crippen molar-refractivity contribution in [3.8, 4) is 11.4 Å². The lowest BCUT2D eigenvalue weighted by molar-refractivity contribution is 0.0597. The number of phenols is 1. The highest BCUT2D eigenvalue weighted by molar-refractivity contribution is 5.92. The number of methoxy groups -OCH3 is 1. The van der Waals surface area contributed by atoms with Gasteiger partial charge in [-0.1, -0.05) is 0 Å². The van der Waals surface area contributed by atoms with Crippen molar-refractivity contribution in [2.24, 2.45) is 0 Å². The van der Waals surface area contributed by atoms with Gasteiger partial charge in [0, 0.05) is 12.3 Å². The molecule has 1 N–H and O–H groups in total. The van der Waals surface area contributed by atoms with Gasteiger partial charge < -0.3 is 14.4 Å². The van der Waals surface area contributed by atoms with Crippen LogP contribution in [0.15, 0.2) is 30.7 Å². The van der Waals surface area contributed by atoms with Crippen LogP contribution in [-0.2, 0) is 4.74 Å². The van der Waals surface area contributed by atoms with Crippen LogP contribution in [0.3, 0.4) is 0 Å². The Labute approximate surface area is 98.3 Å². The molecule has 0 fully saturated rings. The molecule has 0 amide bonds. The predicted molar refractivity (Wildman–Crippen MR) is 61.3 cm³/mol. The molecule has 88 valence electrons. The number of rotatable bonds is 2. The average molecular weight is 232 g/mol. The summed E-state index contributed by atoms with van der Waals surface area (Å²) in [6.07, 6.45) is 3.47. The minimum atomic E-state index is -0.559. The summed E-state index contributed by atoms with van der Waals surface area (Å²) < 4.78 is 6.31. The van der Waals surface area contributed by atoms with Gasteiger partial charge in [0.25, 0.3) is 0 Å².